The number of aromatic nitrogens is 1. The molecule has 0 unspecified atom stereocenters. The number of carbonyl (C=O) groups is 2. The summed E-state index contributed by atoms with van der Waals surface area (Å²) in [7, 11) is 0. The first-order valence-electron chi connectivity index (χ1n) is 6.52. The van der Waals surface area contributed by atoms with Gasteiger partial charge in [0.25, 0.3) is 11.1 Å². The van der Waals surface area contributed by atoms with Crippen molar-refractivity contribution in [3.8, 4) is 0 Å². The molecule has 0 aliphatic carbocycles. The molecule has 6 heteroatoms. The number of aryl methyl sites for hydroxylation is 1. The van der Waals surface area contributed by atoms with Crippen LogP contribution in [0.2, 0.25) is 5.02 Å². The normalized spacial score (nSPS) is 16.6. The molecule has 1 fully saturated rings. The second kappa shape index (κ2) is 5.94. The molecule has 0 bridgehead atoms. The third kappa shape index (κ3) is 2.91. The van der Waals surface area contributed by atoms with E-state index in [4.69, 9.17) is 11.6 Å². The van der Waals surface area contributed by atoms with Crippen LogP contribution in [0.3, 0.4) is 0 Å². The van der Waals surface area contributed by atoms with Gasteiger partial charge >= 0.3 is 0 Å². The number of benzene rings is 1. The van der Waals surface area contributed by atoms with E-state index >= 15 is 0 Å². The van der Waals surface area contributed by atoms with Gasteiger partial charge in [-0.1, -0.05) is 23.7 Å². The van der Waals surface area contributed by atoms with Gasteiger partial charge in [-0.2, -0.15) is 0 Å². The molecule has 0 spiro atoms. The van der Waals surface area contributed by atoms with Crippen LogP contribution in [0.1, 0.15) is 11.4 Å². The Hall–Kier alpha value is -2.11. The first-order chi connectivity index (χ1) is 10.5. The third-order valence-electron chi connectivity index (χ3n) is 3.05. The van der Waals surface area contributed by atoms with Crippen LogP contribution in [0.25, 0.3) is 6.08 Å². The van der Waals surface area contributed by atoms with E-state index in [0.29, 0.717) is 21.3 Å². The van der Waals surface area contributed by atoms with E-state index in [1.54, 1.807) is 36.4 Å². The van der Waals surface area contributed by atoms with E-state index in [1.165, 1.54) is 0 Å². The highest BCUT2D eigenvalue weighted by Gasteiger charge is 2.36. The number of hydrogen-bond acceptors (Lipinski definition) is 4. The average molecular weight is 331 g/mol. The van der Waals surface area contributed by atoms with Gasteiger partial charge in [-0.25, -0.2) is 4.90 Å². The average Bonchev–Trinajstić information content (AvgIpc) is 2.73. The van der Waals surface area contributed by atoms with Crippen LogP contribution in [0.5, 0.6) is 0 Å². The number of halogens is 1. The number of rotatable bonds is 2. The predicted octanol–water partition coefficient (Wildman–Crippen LogP) is 4.28. The summed E-state index contributed by atoms with van der Waals surface area (Å²) in [6.45, 7) is 1.87. The Labute approximate surface area is 136 Å². The van der Waals surface area contributed by atoms with Crippen molar-refractivity contribution in [2.45, 2.75) is 6.92 Å². The second-order valence-electron chi connectivity index (χ2n) is 4.70. The molecule has 1 aliphatic heterocycles. The SMILES string of the molecule is Cc1cccc(/C=C2\SC(=O)N(c3cccc(Cl)c3)C2=O)n1. The van der Waals surface area contributed by atoms with Gasteiger partial charge in [0.15, 0.2) is 0 Å². The Morgan fingerprint density at radius 2 is 1.95 bits per heavy atom. The van der Waals surface area contributed by atoms with Crippen molar-refractivity contribution in [2.75, 3.05) is 4.90 Å². The second-order valence-corrected chi connectivity index (χ2v) is 6.13. The van der Waals surface area contributed by atoms with Gasteiger partial charge in [-0.3, -0.25) is 14.6 Å². The van der Waals surface area contributed by atoms with Gasteiger partial charge in [0.1, 0.15) is 0 Å². The number of imide groups is 1. The summed E-state index contributed by atoms with van der Waals surface area (Å²) in [5.41, 5.74) is 1.97. The molecule has 1 saturated heterocycles. The highest BCUT2D eigenvalue weighted by Crippen LogP contribution is 2.36. The topological polar surface area (TPSA) is 50.3 Å². The Kier molecular flexibility index (Phi) is 4.00. The largest absolute Gasteiger partial charge is 0.298 e. The molecule has 0 atom stereocenters. The van der Waals surface area contributed by atoms with Crippen LogP contribution in [0, 0.1) is 6.92 Å². The van der Waals surface area contributed by atoms with Crippen molar-refractivity contribution < 1.29 is 9.59 Å². The Morgan fingerprint density at radius 3 is 2.68 bits per heavy atom. The minimum atomic E-state index is -0.361. The minimum absolute atomic E-state index is 0.342. The molecule has 0 saturated carbocycles. The number of pyridine rings is 1. The summed E-state index contributed by atoms with van der Waals surface area (Å²) < 4.78 is 0. The van der Waals surface area contributed by atoms with Gasteiger partial charge < -0.3 is 0 Å². The van der Waals surface area contributed by atoms with E-state index in [-0.39, 0.29) is 11.1 Å². The molecule has 2 aromatic rings. The fourth-order valence-electron chi connectivity index (χ4n) is 2.08. The van der Waals surface area contributed by atoms with Gasteiger partial charge in [0, 0.05) is 10.7 Å². The Bertz CT molecular complexity index is 804. The smallest absolute Gasteiger partial charge is 0.268 e. The monoisotopic (exact) mass is 330 g/mol. The molecule has 1 aromatic heterocycles. The summed E-state index contributed by atoms with van der Waals surface area (Å²) in [6, 6.07) is 12.2. The molecular formula is C16H11ClN2O2S. The lowest BCUT2D eigenvalue weighted by Gasteiger charge is -2.12. The van der Waals surface area contributed by atoms with Crippen LogP contribution in [-0.4, -0.2) is 16.1 Å². The number of amides is 2. The number of carbonyl (C=O) groups excluding carboxylic acids is 2. The number of thioether (sulfide) groups is 1. The number of nitrogens with zero attached hydrogens (tertiary/aromatic N) is 2. The van der Waals surface area contributed by atoms with Crippen molar-refractivity contribution in [3.63, 3.8) is 0 Å². The highest BCUT2D eigenvalue weighted by atomic mass is 35.5. The summed E-state index contributed by atoms with van der Waals surface area (Å²) in [5, 5.41) is 0.132. The number of anilines is 1. The Morgan fingerprint density at radius 1 is 1.18 bits per heavy atom. The van der Waals surface area contributed by atoms with E-state index in [1.807, 2.05) is 19.1 Å². The lowest BCUT2D eigenvalue weighted by Crippen LogP contribution is -2.27. The van der Waals surface area contributed by atoms with Crippen LogP contribution < -0.4 is 4.90 Å². The zero-order chi connectivity index (χ0) is 15.7. The van der Waals surface area contributed by atoms with E-state index in [9.17, 15) is 9.59 Å². The fraction of sp³-hybridized carbons (Fsp3) is 0.0625. The zero-order valence-corrected chi connectivity index (χ0v) is 13.2. The van der Waals surface area contributed by atoms with Crippen LogP contribution in [-0.2, 0) is 4.79 Å². The molecule has 2 amide bonds. The molecule has 4 nitrogen and oxygen atoms in total. The van der Waals surface area contributed by atoms with Gasteiger partial charge in [-0.05, 0) is 55.1 Å². The molecule has 1 aliphatic rings. The molecule has 0 N–H and O–H groups in total. The minimum Gasteiger partial charge on any atom is -0.268 e. The van der Waals surface area contributed by atoms with E-state index in [0.717, 1.165) is 22.4 Å². The molecule has 1 aromatic carbocycles. The van der Waals surface area contributed by atoms with Crippen molar-refractivity contribution in [1.29, 1.82) is 0 Å². The van der Waals surface area contributed by atoms with Crippen LogP contribution >= 0.6 is 23.4 Å². The van der Waals surface area contributed by atoms with Gasteiger partial charge in [-0.15, -0.1) is 0 Å². The predicted molar refractivity (Wildman–Crippen MR) is 88.9 cm³/mol. The van der Waals surface area contributed by atoms with Crippen molar-refractivity contribution >= 4 is 46.3 Å². The highest BCUT2D eigenvalue weighted by molar-refractivity contribution is 8.19. The first kappa shape index (κ1) is 14.8. The molecule has 2 heterocycles. The van der Waals surface area contributed by atoms with Crippen molar-refractivity contribution in [2.24, 2.45) is 0 Å². The van der Waals surface area contributed by atoms with Crippen molar-refractivity contribution in [3.05, 3.63) is 63.8 Å². The summed E-state index contributed by atoms with van der Waals surface area (Å²) in [4.78, 5) is 30.4. The molecule has 3 rings (SSSR count). The zero-order valence-electron chi connectivity index (χ0n) is 11.6. The van der Waals surface area contributed by atoms with E-state index in [2.05, 4.69) is 4.98 Å². The maximum absolute atomic E-state index is 12.5. The Balaban J connectivity index is 1.95. The van der Waals surface area contributed by atoms with Crippen LogP contribution in [0.15, 0.2) is 47.4 Å². The van der Waals surface area contributed by atoms with Gasteiger partial charge in [0.2, 0.25) is 0 Å². The lowest BCUT2D eigenvalue weighted by atomic mass is 10.2. The summed E-state index contributed by atoms with van der Waals surface area (Å²) in [5.74, 6) is -0.361. The first-order valence-corrected chi connectivity index (χ1v) is 7.71. The number of hydrogen-bond donors (Lipinski definition) is 0. The molecular weight excluding hydrogens is 320 g/mol. The maximum atomic E-state index is 12.5. The summed E-state index contributed by atoms with van der Waals surface area (Å²) >= 11 is 6.82. The molecule has 22 heavy (non-hydrogen) atoms. The standard InChI is InChI=1S/C16H11ClN2O2S/c1-10-4-2-6-12(18-10)9-14-15(20)19(16(21)22-14)13-7-3-5-11(17)8-13/h2-9H,1H3/b14-9-. The maximum Gasteiger partial charge on any atom is 0.298 e. The van der Waals surface area contributed by atoms with Gasteiger partial charge in [0.05, 0.1) is 16.3 Å². The van der Waals surface area contributed by atoms with Crippen LogP contribution in [0.4, 0.5) is 10.5 Å². The quantitative estimate of drug-likeness (QED) is 0.771. The molecule has 110 valence electrons. The summed E-state index contributed by atoms with van der Waals surface area (Å²) in [6.07, 6.45) is 1.63. The van der Waals surface area contributed by atoms with E-state index < -0.39 is 0 Å². The third-order valence-corrected chi connectivity index (χ3v) is 4.15. The van der Waals surface area contributed by atoms with Crippen molar-refractivity contribution in [1.82, 2.24) is 4.98 Å². The fourth-order valence-corrected chi connectivity index (χ4v) is 3.09. The molecule has 0 radical (unpaired) electrons. The lowest BCUT2D eigenvalue weighted by molar-refractivity contribution is -0.113.